The van der Waals surface area contributed by atoms with Gasteiger partial charge in [-0.05, 0) is 60.9 Å². The summed E-state index contributed by atoms with van der Waals surface area (Å²) in [7, 11) is 0. The first kappa shape index (κ1) is 18.1. The summed E-state index contributed by atoms with van der Waals surface area (Å²) in [6.45, 7) is 0.785. The van der Waals surface area contributed by atoms with Crippen molar-refractivity contribution in [3.63, 3.8) is 0 Å². The predicted octanol–water partition coefficient (Wildman–Crippen LogP) is 3.73. The molecular weight excluding hydrogens is 336 g/mol. The van der Waals surface area contributed by atoms with Crippen LogP contribution in [0.15, 0.2) is 48.5 Å². The first-order chi connectivity index (χ1) is 13.2. The van der Waals surface area contributed by atoms with Gasteiger partial charge in [0.2, 0.25) is 5.91 Å². The topological polar surface area (TPSA) is 64.4 Å². The van der Waals surface area contributed by atoms with Gasteiger partial charge in [0.05, 0.1) is 12.6 Å². The Balaban J connectivity index is 1.61. The molecule has 1 heterocycles. The highest BCUT2D eigenvalue weighted by atomic mass is 16.5. The third-order valence-corrected chi connectivity index (χ3v) is 5.77. The van der Waals surface area contributed by atoms with Gasteiger partial charge in [0.15, 0.2) is 0 Å². The van der Waals surface area contributed by atoms with Crippen LogP contribution in [0.25, 0.3) is 0 Å². The fourth-order valence-corrected chi connectivity index (χ4v) is 4.29. The lowest BCUT2D eigenvalue weighted by Gasteiger charge is -2.29. The molecule has 1 aliphatic heterocycles. The van der Waals surface area contributed by atoms with Crippen LogP contribution in [0, 0.1) is 5.92 Å². The predicted molar refractivity (Wildman–Crippen MR) is 107 cm³/mol. The van der Waals surface area contributed by atoms with Gasteiger partial charge in [0.25, 0.3) is 0 Å². The molecule has 27 heavy (non-hydrogen) atoms. The maximum Gasteiger partial charge on any atom is 0.223 e. The minimum Gasteiger partial charge on any atom is -0.493 e. The van der Waals surface area contributed by atoms with Gasteiger partial charge < -0.3 is 15.8 Å². The quantitative estimate of drug-likeness (QED) is 0.869. The smallest absolute Gasteiger partial charge is 0.223 e. The van der Waals surface area contributed by atoms with E-state index < -0.39 is 0 Å². The highest BCUT2D eigenvalue weighted by Gasteiger charge is 2.28. The van der Waals surface area contributed by atoms with Gasteiger partial charge in [-0.3, -0.25) is 4.79 Å². The number of carbonyl (C=O) groups excluding carboxylic acids is 1. The lowest BCUT2D eigenvalue weighted by Crippen LogP contribution is -2.39. The van der Waals surface area contributed by atoms with Crippen molar-refractivity contribution < 1.29 is 9.53 Å². The summed E-state index contributed by atoms with van der Waals surface area (Å²) < 4.78 is 5.75. The third kappa shape index (κ3) is 4.16. The third-order valence-electron chi connectivity index (χ3n) is 5.77. The lowest BCUT2D eigenvalue weighted by atomic mass is 9.85. The molecule has 1 amide bonds. The van der Waals surface area contributed by atoms with Crippen molar-refractivity contribution in [1.82, 2.24) is 5.32 Å². The van der Waals surface area contributed by atoms with Gasteiger partial charge in [-0.15, -0.1) is 0 Å². The first-order valence-electron chi connectivity index (χ1n) is 10.1. The van der Waals surface area contributed by atoms with Crippen molar-refractivity contribution in [2.24, 2.45) is 11.7 Å². The van der Waals surface area contributed by atoms with Crippen LogP contribution in [-0.4, -0.2) is 18.6 Å². The van der Waals surface area contributed by atoms with Crippen LogP contribution < -0.4 is 15.8 Å². The van der Waals surface area contributed by atoms with Crippen LogP contribution in [0.2, 0.25) is 0 Å². The molecule has 4 rings (SSSR count). The van der Waals surface area contributed by atoms with Crippen molar-refractivity contribution in [3.8, 4) is 5.75 Å². The number of nitrogens with two attached hydrogens (primary N) is 1. The average Bonchev–Trinajstić information content (AvgIpc) is 2.72. The molecule has 3 N–H and O–H groups in total. The Morgan fingerprint density at radius 2 is 1.93 bits per heavy atom. The Labute approximate surface area is 161 Å². The second-order valence-corrected chi connectivity index (χ2v) is 7.80. The van der Waals surface area contributed by atoms with Crippen molar-refractivity contribution in [2.45, 2.75) is 50.6 Å². The van der Waals surface area contributed by atoms with Gasteiger partial charge in [0, 0.05) is 12.0 Å². The molecule has 2 aromatic rings. The SMILES string of the molecule is NC1CCCC(C(=O)NC(c2ccccc2)c2ccc3c(c2)CCCO3)C1. The van der Waals surface area contributed by atoms with Gasteiger partial charge >= 0.3 is 0 Å². The molecular formula is C23H28N2O2. The Hall–Kier alpha value is -2.33. The Morgan fingerprint density at radius 1 is 1.07 bits per heavy atom. The van der Waals surface area contributed by atoms with E-state index in [2.05, 4.69) is 29.6 Å². The normalized spacial score (nSPS) is 23.0. The summed E-state index contributed by atoms with van der Waals surface area (Å²) in [6, 6.07) is 16.5. The number of ether oxygens (including phenoxy) is 1. The zero-order chi connectivity index (χ0) is 18.6. The molecule has 1 fully saturated rings. The molecule has 1 saturated carbocycles. The monoisotopic (exact) mass is 364 g/mol. The van der Waals surface area contributed by atoms with Crippen molar-refractivity contribution >= 4 is 5.91 Å². The molecule has 2 aliphatic rings. The maximum atomic E-state index is 13.0. The highest BCUT2D eigenvalue weighted by molar-refractivity contribution is 5.79. The number of benzene rings is 2. The second kappa shape index (κ2) is 8.13. The summed E-state index contributed by atoms with van der Waals surface area (Å²) in [5.41, 5.74) is 9.54. The number of hydrogen-bond donors (Lipinski definition) is 2. The van der Waals surface area contributed by atoms with Gasteiger partial charge in [0.1, 0.15) is 5.75 Å². The molecule has 1 aliphatic carbocycles. The summed E-state index contributed by atoms with van der Waals surface area (Å²) in [5.74, 6) is 1.11. The van der Waals surface area contributed by atoms with Crippen LogP contribution >= 0.6 is 0 Å². The van der Waals surface area contributed by atoms with Crippen LogP contribution in [-0.2, 0) is 11.2 Å². The Kier molecular flexibility index (Phi) is 5.44. The summed E-state index contributed by atoms with van der Waals surface area (Å²) in [4.78, 5) is 13.0. The van der Waals surface area contributed by atoms with Crippen molar-refractivity contribution in [1.29, 1.82) is 0 Å². The van der Waals surface area contributed by atoms with Crippen LogP contribution in [0.3, 0.4) is 0 Å². The lowest BCUT2D eigenvalue weighted by molar-refractivity contribution is -0.126. The standard InChI is InChI=1S/C23H28N2O2/c24-20-10-4-8-19(15-20)23(26)25-22(16-6-2-1-3-7-16)18-11-12-21-17(14-18)9-5-13-27-21/h1-3,6-7,11-12,14,19-20,22H,4-5,8-10,13,15,24H2,(H,25,26). The van der Waals surface area contributed by atoms with E-state index in [0.29, 0.717) is 0 Å². The van der Waals surface area contributed by atoms with Crippen LogP contribution in [0.5, 0.6) is 5.75 Å². The molecule has 0 bridgehead atoms. The van der Waals surface area contributed by atoms with E-state index in [1.807, 2.05) is 24.3 Å². The molecule has 3 unspecified atom stereocenters. The summed E-state index contributed by atoms with van der Waals surface area (Å²) in [5, 5.41) is 3.31. The number of nitrogens with one attached hydrogen (secondary N) is 1. The molecule has 4 nitrogen and oxygen atoms in total. The molecule has 0 spiro atoms. The number of hydrogen-bond acceptors (Lipinski definition) is 3. The molecule has 0 saturated heterocycles. The molecule has 0 radical (unpaired) electrons. The number of fused-ring (bicyclic) bond motifs is 1. The molecule has 2 aromatic carbocycles. The summed E-state index contributed by atoms with van der Waals surface area (Å²) >= 11 is 0. The van der Waals surface area contributed by atoms with Crippen LogP contribution in [0.1, 0.15) is 54.8 Å². The minimum absolute atomic E-state index is 0.0147. The van der Waals surface area contributed by atoms with E-state index in [1.54, 1.807) is 0 Å². The van der Waals surface area contributed by atoms with E-state index in [9.17, 15) is 4.79 Å². The zero-order valence-electron chi connectivity index (χ0n) is 15.7. The van der Waals surface area contributed by atoms with Gasteiger partial charge in [-0.2, -0.15) is 0 Å². The molecule has 142 valence electrons. The van der Waals surface area contributed by atoms with E-state index in [-0.39, 0.29) is 23.9 Å². The maximum absolute atomic E-state index is 13.0. The molecule has 0 aromatic heterocycles. The zero-order valence-corrected chi connectivity index (χ0v) is 15.7. The number of rotatable bonds is 4. The van der Waals surface area contributed by atoms with E-state index in [1.165, 1.54) is 5.56 Å². The number of aryl methyl sites for hydroxylation is 1. The van der Waals surface area contributed by atoms with Gasteiger partial charge in [-0.25, -0.2) is 0 Å². The minimum atomic E-state index is -0.149. The Bertz CT molecular complexity index is 790. The first-order valence-corrected chi connectivity index (χ1v) is 10.1. The average molecular weight is 364 g/mol. The fourth-order valence-electron chi connectivity index (χ4n) is 4.29. The highest BCUT2D eigenvalue weighted by Crippen LogP contribution is 2.31. The molecule has 4 heteroatoms. The van der Waals surface area contributed by atoms with Gasteiger partial charge in [-0.1, -0.05) is 42.8 Å². The summed E-state index contributed by atoms with van der Waals surface area (Å²) in [6.07, 6.45) is 5.83. The fraction of sp³-hybridized carbons (Fsp3) is 0.435. The van der Waals surface area contributed by atoms with Crippen molar-refractivity contribution in [3.05, 3.63) is 65.2 Å². The van der Waals surface area contributed by atoms with Crippen molar-refractivity contribution in [2.75, 3.05) is 6.61 Å². The Morgan fingerprint density at radius 3 is 2.74 bits per heavy atom. The largest absolute Gasteiger partial charge is 0.493 e. The van der Waals surface area contributed by atoms with E-state index in [4.69, 9.17) is 10.5 Å². The number of amides is 1. The molecule has 3 atom stereocenters. The van der Waals surface area contributed by atoms with E-state index >= 15 is 0 Å². The van der Waals surface area contributed by atoms with E-state index in [0.717, 1.165) is 62.0 Å². The second-order valence-electron chi connectivity index (χ2n) is 7.80. The number of carbonyl (C=O) groups is 1. The van der Waals surface area contributed by atoms with Crippen LogP contribution in [0.4, 0.5) is 0 Å².